The van der Waals surface area contributed by atoms with Crippen LogP contribution in [0.3, 0.4) is 0 Å². The Labute approximate surface area is 127 Å². The summed E-state index contributed by atoms with van der Waals surface area (Å²) in [6, 6.07) is 12.3. The third-order valence-corrected chi connectivity index (χ3v) is 3.62. The SMILES string of the molecule is CCC(CC(N)=S)Oc1ccc2cc(Br)ccc2c1. The van der Waals surface area contributed by atoms with E-state index in [9.17, 15) is 0 Å². The summed E-state index contributed by atoms with van der Waals surface area (Å²) in [5.74, 6) is 0.859. The molecule has 0 amide bonds. The Balaban J connectivity index is 2.21. The molecule has 0 fully saturated rings. The van der Waals surface area contributed by atoms with Gasteiger partial charge in [0.05, 0.1) is 4.99 Å². The summed E-state index contributed by atoms with van der Waals surface area (Å²) < 4.78 is 7.01. The van der Waals surface area contributed by atoms with E-state index in [1.54, 1.807) is 0 Å². The minimum atomic E-state index is 0.0467. The molecule has 0 radical (unpaired) electrons. The van der Waals surface area contributed by atoms with Crippen LogP contribution >= 0.6 is 28.1 Å². The molecular weight excluding hydrogens is 322 g/mol. The predicted molar refractivity (Wildman–Crippen MR) is 87.8 cm³/mol. The van der Waals surface area contributed by atoms with E-state index in [0.29, 0.717) is 11.4 Å². The molecule has 0 aliphatic rings. The number of hydrogen-bond acceptors (Lipinski definition) is 2. The first kappa shape index (κ1) is 14.3. The average Bonchev–Trinajstić information content (AvgIpc) is 2.37. The number of benzene rings is 2. The van der Waals surface area contributed by atoms with Gasteiger partial charge in [0, 0.05) is 10.9 Å². The number of rotatable bonds is 5. The quantitative estimate of drug-likeness (QED) is 0.819. The maximum Gasteiger partial charge on any atom is 0.120 e. The highest BCUT2D eigenvalue weighted by atomic mass is 79.9. The van der Waals surface area contributed by atoms with E-state index < -0.39 is 0 Å². The van der Waals surface area contributed by atoms with Gasteiger partial charge in [0.15, 0.2) is 0 Å². The lowest BCUT2D eigenvalue weighted by Crippen LogP contribution is -2.23. The molecule has 0 aliphatic heterocycles. The average molecular weight is 338 g/mol. The van der Waals surface area contributed by atoms with Crippen LogP contribution in [-0.2, 0) is 0 Å². The first-order valence-electron chi connectivity index (χ1n) is 6.22. The lowest BCUT2D eigenvalue weighted by atomic mass is 10.1. The summed E-state index contributed by atoms with van der Waals surface area (Å²) in [6.07, 6.45) is 1.55. The summed E-state index contributed by atoms with van der Waals surface area (Å²) in [5, 5.41) is 2.34. The third-order valence-electron chi connectivity index (χ3n) is 2.96. The first-order valence-corrected chi connectivity index (χ1v) is 7.43. The van der Waals surface area contributed by atoms with Crippen molar-refractivity contribution in [3.8, 4) is 5.75 Å². The van der Waals surface area contributed by atoms with Crippen LogP contribution in [0, 0.1) is 0 Å². The minimum Gasteiger partial charge on any atom is -0.490 e. The third kappa shape index (κ3) is 3.91. The molecule has 0 aromatic heterocycles. The molecule has 2 N–H and O–H groups in total. The highest BCUT2D eigenvalue weighted by Crippen LogP contribution is 2.25. The van der Waals surface area contributed by atoms with Gasteiger partial charge in [-0.1, -0.05) is 47.2 Å². The summed E-state index contributed by atoms with van der Waals surface area (Å²) in [7, 11) is 0. The minimum absolute atomic E-state index is 0.0467. The van der Waals surface area contributed by atoms with Crippen molar-refractivity contribution in [1.29, 1.82) is 0 Å². The molecule has 1 atom stereocenters. The molecule has 2 aromatic carbocycles. The molecule has 2 aromatic rings. The van der Waals surface area contributed by atoms with E-state index in [1.807, 2.05) is 18.2 Å². The van der Waals surface area contributed by atoms with Gasteiger partial charge < -0.3 is 10.5 Å². The fourth-order valence-corrected chi connectivity index (χ4v) is 2.52. The van der Waals surface area contributed by atoms with E-state index >= 15 is 0 Å². The first-order chi connectivity index (χ1) is 9.08. The van der Waals surface area contributed by atoms with Crippen LogP contribution in [0.5, 0.6) is 5.75 Å². The number of halogens is 1. The van der Waals surface area contributed by atoms with Crippen molar-refractivity contribution in [2.75, 3.05) is 0 Å². The smallest absolute Gasteiger partial charge is 0.120 e. The zero-order valence-electron chi connectivity index (χ0n) is 10.7. The van der Waals surface area contributed by atoms with Gasteiger partial charge in [0.1, 0.15) is 11.9 Å². The normalized spacial score (nSPS) is 12.3. The van der Waals surface area contributed by atoms with Gasteiger partial charge in [-0.3, -0.25) is 0 Å². The van der Waals surface area contributed by atoms with Crippen LogP contribution in [-0.4, -0.2) is 11.1 Å². The maximum absolute atomic E-state index is 5.93. The molecule has 0 spiro atoms. The number of fused-ring (bicyclic) bond motifs is 1. The lowest BCUT2D eigenvalue weighted by molar-refractivity contribution is 0.205. The van der Waals surface area contributed by atoms with Crippen molar-refractivity contribution in [1.82, 2.24) is 0 Å². The van der Waals surface area contributed by atoms with Crippen molar-refractivity contribution in [3.05, 3.63) is 40.9 Å². The van der Waals surface area contributed by atoms with E-state index in [-0.39, 0.29) is 6.10 Å². The van der Waals surface area contributed by atoms with Crippen LogP contribution in [0.1, 0.15) is 19.8 Å². The Morgan fingerprint density at radius 2 is 1.95 bits per heavy atom. The monoisotopic (exact) mass is 337 g/mol. The van der Waals surface area contributed by atoms with Gasteiger partial charge in [0.2, 0.25) is 0 Å². The molecule has 0 aliphatic carbocycles. The van der Waals surface area contributed by atoms with Crippen molar-refractivity contribution < 1.29 is 4.74 Å². The van der Waals surface area contributed by atoms with Crippen LogP contribution in [0.2, 0.25) is 0 Å². The Hall–Kier alpha value is -1.13. The molecule has 4 heteroatoms. The van der Waals surface area contributed by atoms with E-state index in [1.165, 1.54) is 5.39 Å². The van der Waals surface area contributed by atoms with Gasteiger partial charge >= 0.3 is 0 Å². The molecule has 0 saturated carbocycles. The van der Waals surface area contributed by atoms with Crippen molar-refractivity contribution in [2.45, 2.75) is 25.9 Å². The molecule has 100 valence electrons. The van der Waals surface area contributed by atoms with Crippen molar-refractivity contribution in [3.63, 3.8) is 0 Å². The second-order valence-corrected chi connectivity index (χ2v) is 5.91. The number of ether oxygens (including phenoxy) is 1. The summed E-state index contributed by atoms with van der Waals surface area (Å²) >= 11 is 8.41. The topological polar surface area (TPSA) is 35.2 Å². The standard InChI is InChI=1S/C15H16BrNOS/c1-2-13(9-15(17)19)18-14-6-4-10-7-12(16)5-3-11(10)8-14/h3-8,13H,2,9H2,1H3,(H2,17,19). The summed E-state index contributed by atoms with van der Waals surface area (Å²) in [4.78, 5) is 0.497. The van der Waals surface area contributed by atoms with Crippen LogP contribution in [0.15, 0.2) is 40.9 Å². The summed E-state index contributed by atoms with van der Waals surface area (Å²) in [5.41, 5.74) is 5.58. The zero-order valence-corrected chi connectivity index (χ0v) is 13.1. The van der Waals surface area contributed by atoms with Crippen LogP contribution in [0.25, 0.3) is 10.8 Å². The Morgan fingerprint density at radius 3 is 2.63 bits per heavy atom. The second-order valence-electron chi connectivity index (χ2n) is 4.47. The largest absolute Gasteiger partial charge is 0.490 e. The molecule has 2 rings (SSSR count). The van der Waals surface area contributed by atoms with Gasteiger partial charge in [-0.25, -0.2) is 0 Å². The number of thiocarbonyl (C=S) groups is 1. The lowest BCUT2D eigenvalue weighted by Gasteiger charge is -2.17. The molecule has 1 unspecified atom stereocenters. The fourth-order valence-electron chi connectivity index (χ4n) is 1.95. The number of nitrogens with two attached hydrogens (primary N) is 1. The van der Waals surface area contributed by atoms with Gasteiger partial charge in [-0.05, 0) is 41.5 Å². The zero-order chi connectivity index (χ0) is 13.8. The van der Waals surface area contributed by atoms with Crippen molar-refractivity contribution in [2.24, 2.45) is 5.73 Å². The summed E-state index contributed by atoms with van der Waals surface area (Å²) in [6.45, 7) is 2.07. The van der Waals surface area contributed by atoms with E-state index in [0.717, 1.165) is 22.0 Å². The fraction of sp³-hybridized carbons (Fsp3) is 0.267. The molecule has 0 saturated heterocycles. The van der Waals surface area contributed by atoms with Crippen molar-refractivity contribution >= 4 is 43.9 Å². The molecule has 2 nitrogen and oxygen atoms in total. The van der Waals surface area contributed by atoms with Gasteiger partial charge in [-0.15, -0.1) is 0 Å². The van der Waals surface area contributed by atoms with Crippen LogP contribution in [0.4, 0.5) is 0 Å². The highest BCUT2D eigenvalue weighted by molar-refractivity contribution is 9.10. The Kier molecular flexibility index (Phi) is 4.77. The van der Waals surface area contributed by atoms with E-state index in [4.69, 9.17) is 22.7 Å². The Morgan fingerprint density at radius 1 is 1.26 bits per heavy atom. The second kappa shape index (κ2) is 6.35. The molecule has 0 bridgehead atoms. The highest BCUT2D eigenvalue weighted by Gasteiger charge is 2.10. The number of hydrogen-bond donors (Lipinski definition) is 1. The molecule has 19 heavy (non-hydrogen) atoms. The van der Waals surface area contributed by atoms with Gasteiger partial charge in [-0.2, -0.15) is 0 Å². The Bertz CT molecular complexity index is 600. The molecular formula is C15H16BrNOS. The van der Waals surface area contributed by atoms with Gasteiger partial charge in [0.25, 0.3) is 0 Å². The predicted octanol–water partition coefficient (Wildman–Crippen LogP) is 4.44. The molecule has 0 heterocycles. The maximum atomic E-state index is 5.93. The van der Waals surface area contributed by atoms with Crippen LogP contribution < -0.4 is 10.5 Å². The van der Waals surface area contributed by atoms with E-state index in [2.05, 4.69) is 41.1 Å².